The lowest BCUT2D eigenvalue weighted by Gasteiger charge is -2.15. The van der Waals surface area contributed by atoms with Crippen LogP contribution >= 0.6 is 0 Å². The molecule has 134 valence electrons. The molecule has 0 radical (unpaired) electrons. The molecule has 0 bridgehead atoms. The van der Waals surface area contributed by atoms with Crippen LogP contribution in [0.2, 0.25) is 0 Å². The second-order valence-electron chi connectivity index (χ2n) is 5.65. The maximum absolute atomic E-state index is 11.9. The molecule has 2 aromatic rings. The highest BCUT2D eigenvalue weighted by Crippen LogP contribution is 2.33. The molecule has 0 fully saturated rings. The van der Waals surface area contributed by atoms with Gasteiger partial charge in [0.05, 0.1) is 20.3 Å². The molecule has 0 aliphatic carbocycles. The van der Waals surface area contributed by atoms with Crippen LogP contribution in [0.25, 0.3) is 11.1 Å². The summed E-state index contributed by atoms with van der Waals surface area (Å²) in [4.78, 5) is 11.9. The van der Waals surface area contributed by atoms with Crippen LogP contribution in [0.1, 0.15) is 28.4 Å². The predicted molar refractivity (Wildman–Crippen MR) is 96.4 cm³/mol. The molecule has 25 heavy (non-hydrogen) atoms. The number of methoxy groups -OCH3 is 1. The molecule has 2 rings (SSSR count). The Labute approximate surface area is 148 Å². The first-order valence-electron chi connectivity index (χ1n) is 8.22. The first kappa shape index (κ1) is 18.8. The van der Waals surface area contributed by atoms with Gasteiger partial charge in [-0.25, -0.2) is 4.79 Å². The smallest absolute Gasteiger partial charge is 0.341 e. The zero-order chi connectivity index (χ0) is 18.4. The molecule has 2 aromatic carbocycles. The van der Waals surface area contributed by atoms with Gasteiger partial charge in [0.1, 0.15) is 23.7 Å². The van der Waals surface area contributed by atoms with Crippen LogP contribution in [0.3, 0.4) is 0 Å². The monoisotopic (exact) mass is 344 g/mol. The number of rotatable bonds is 7. The molecule has 0 spiro atoms. The minimum atomic E-state index is -0.421. The van der Waals surface area contributed by atoms with E-state index in [0.717, 1.165) is 28.0 Å². The molecule has 0 aliphatic heterocycles. The van der Waals surface area contributed by atoms with Gasteiger partial charge in [-0.2, -0.15) is 0 Å². The number of carbonyl (C=O) groups excluding carboxylic acids is 1. The lowest BCUT2D eigenvalue weighted by molar-refractivity contribution is 0.0596. The second-order valence-corrected chi connectivity index (χ2v) is 5.65. The highest BCUT2D eigenvalue weighted by Gasteiger charge is 2.15. The summed E-state index contributed by atoms with van der Waals surface area (Å²) in [7, 11) is 1.35. The van der Waals surface area contributed by atoms with Crippen LogP contribution in [-0.4, -0.2) is 38.0 Å². The maximum Gasteiger partial charge on any atom is 0.341 e. The zero-order valence-corrected chi connectivity index (χ0v) is 15.1. The third-order valence-electron chi connectivity index (χ3n) is 3.82. The summed E-state index contributed by atoms with van der Waals surface area (Å²) in [6, 6.07) is 9.47. The van der Waals surface area contributed by atoms with Crippen LogP contribution in [0, 0.1) is 13.8 Å². The van der Waals surface area contributed by atoms with E-state index in [-0.39, 0.29) is 13.2 Å². The molecule has 0 unspecified atom stereocenters. The van der Waals surface area contributed by atoms with Gasteiger partial charge >= 0.3 is 5.97 Å². The van der Waals surface area contributed by atoms with Crippen LogP contribution in [0.15, 0.2) is 30.3 Å². The largest absolute Gasteiger partial charge is 0.493 e. The number of hydrogen-bond acceptors (Lipinski definition) is 5. The summed E-state index contributed by atoms with van der Waals surface area (Å²) in [5.41, 5.74) is 4.32. The van der Waals surface area contributed by atoms with E-state index in [1.807, 2.05) is 45.0 Å². The Morgan fingerprint density at radius 2 is 1.72 bits per heavy atom. The van der Waals surface area contributed by atoms with Crippen LogP contribution in [0.4, 0.5) is 0 Å². The van der Waals surface area contributed by atoms with Crippen molar-refractivity contribution in [3.8, 4) is 22.6 Å². The fourth-order valence-electron chi connectivity index (χ4n) is 2.75. The number of benzene rings is 2. The Morgan fingerprint density at radius 3 is 2.28 bits per heavy atom. The van der Waals surface area contributed by atoms with Crippen LogP contribution in [0.5, 0.6) is 11.5 Å². The molecule has 0 saturated carbocycles. The minimum Gasteiger partial charge on any atom is -0.493 e. The van der Waals surface area contributed by atoms with Crippen molar-refractivity contribution in [1.29, 1.82) is 0 Å². The van der Waals surface area contributed by atoms with Crippen molar-refractivity contribution in [2.75, 3.05) is 26.9 Å². The summed E-state index contributed by atoms with van der Waals surface area (Å²) in [5, 5.41) is 8.94. The van der Waals surface area contributed by atoms with Gasteiger partial charge in [-0.15, -0.1) is 0 Å². The average molecular weight is 344 g/mol. The van der Waals surface area contributed by atoms with Gasteiger partial charge in [-0.3, -0.25) is 0 Å². The third kappa shape index (κ3) is 4.31. The SMILES string of the molecule is CCOc1cc(-c2cc(C)c(OCCO)c(C)c2)ccc1C(=O)OC. The number of aliphatic hydroxyl groups excluding tert-OH is 1. The molecular weight excluding hydrogens is 320 g/mol. The second kappa shape index (κ2) is 8.53. The summed E-state index contributed by atoms with van der Waals surface area (Å²) in [5.74, 6) is 0.867. The molecule has 5 nitrogen and oxygen atoms in total. The van der Waals surface area contributed by atoms with Crippen LogP contribution < -0.4 is 9.47 Å². The molecule has 0 heterocycles. The third-order valence-corrected chi connectivity index (χ3v) is 3.82. The Hall–Kier alpha value is -2.53. The molecule has 0 aliphatic rings. The van der Waals surface area contributed by atoms with E-state index in [4.69, 9.17) is 19.3 Å². The van der Waals surface area contributed by atoms with Gasteiger partial charge < -0.3 is 19.3 Å². The topological polar surface area (TPSA) is 65.0 Å². The summed E-state index contributed by atoms with van der Waals surface area (Å²) < 4.78 is 16.0. The van der Waals surface area contributed by atoms with E-state index in [1.165, 1.54) is 7.11 Å². The van der Waals surface area contributed by atoms with Gasteiger partial charge in [-0.1, -0.05) is 6.07 Å². The van der Waals surface area contributed by atoms with Crippen LogP contribution in [-0.2, 0) is 4.74 Å². The first-order valence-corrected chi connectivity index (χ1v) is 8.22. The highest BCUT2D eigenvalue weighted by atomic mass is 16.5. The van der Waals surface area contributed by atoms with E-state index in [2.05, 4.69) is 0 Å². The first-order chi connectivity index (χ1) is 12.0. The lowest BCUT2D eigenvalue weighted by Crippen LogP contribution is -2.06. The van der Waals surface area contributed by atoms with Gasteiger partial charge in [0, 0.05) is 0 Å². The average Bonchev–Trinajstić information content (AvgIpc) is 2.60. The number of esters is 1. The Balaban J connectivity index is 2.44. The standard InChI is InChI=1S/C20H24O5/c1-5-24-18-12-15(6-7-17(18)20(22)23-4)16-10-13(2)19(14(3)11-16)25-9-8-21/h6-7,10-12,21H,5,8-9H2,1-4H3. The number of carbonyl (C=O) groups is 1. The van der Waals surface area contributed by atoms with E-state index >= 15 is 0 Å². The molecule has 0 atom stereocenters. The minimum absolute atomic E-state index is 0.0205. The fourth-order valence-corrected chi connectivity index (χ4v) is 2.75. The normalized spacial score (nSPS) is 10.4. The van der Waals surface area contributed by atoms with Gasteiger partial charge in [0.2, 0.25) is 0 Å². The van der Waals surface area contributed by atoms with E-state index < -0.39 is 5.97 Å². The van der Waals surface area contributed by atoms with Gasteiger partial charge in [-0.05, 0) is 67.3 Å². The van der Waals surface area contributed by atoms with Crippen molar-refractivity contribution in [1.82, 2.24) is 0 Å². The number of aliphatic hydroxyl groups is 1. The van der Waals surface area contributed by atoms with Crippen molar-refractivity contribution in [3.63, 3.8) is 0 Å². The van der Waals surface area contributed by atoms with Crippen molar-refractivity contribution < 1.29 is 24.1 Å². The molecule has 5 heteroatoms. The van der Waals surface area contributed by atoms with E-state index in [0.29, 0.717) is 17.9 Å². The van der Waals surface area contributed by atoms with E-state index in [9.17, 15) is 4.79 Å². The molecule has 0 amide bonds. The predicted octanol–water partition coefficient (Wildman–Crippen LogP) is 3.53. The van der Waals surface area contributed by atoms with E-state index in [1.54, 1.807) is 6.07 Å². The van der Waals surface area contributed by atoms with Crippen molar-refractivity contribution in [2.45, 2.75) is 20.8 Å². The van der Waals surface area contributed by atoms with Gasteiger partial charge in [0.15, 0.2) is 0 Å². The summed E-state index contributed by atoms with van der Waals surface area (Å²) >= 11 is 0. The Bertz CT molecular complexity index is 729. The van der Waals surface area contributed by atoms with Crippen molar-refractivity contribution in [2.24, 2.45) is 0 Å². The van der Waals surface area contributed by atoms with Crippen molar-refractivity contribution >= 4 is 5.97 Å². The summed E-state index contributed by atoms with van der Waals surface area (Å²) in [6.45, 7) is 6.51. The molecular formula is C20H24O5. The fraction of sp³-hybridized carbons (Fsp3) is 0.350. The Kier molecular flexibility index (Phi) is 6.42. The zero-order valence-electron chi connectivity index (χ0n) is 15.1. The Morgan fingerprint density at radius 1 is 1.04 bits per heavy atom. The molecule has 1 N–H and O–H groups in total. The lowest BCUT2D eigenvalue weighted by atomic mass is 9.98. The quantitative estimate of drug-likeness (QED) is 0.779. The maximum atomic E-state index is 11.9. The molecule has 0 saturated heterocycles. The number of hydrogen-bond donors (Lipinski definition) is 1. The van der Waals surface area contributed by atoms with Crippen molar-refractivity contribution in [3.05, 3.63) is 47.0 Å². The van der Waals surface area contributed by atoms with Gasteiger partial charge in [0.25, 0.3) is 0 Å². The molecule has 0 aromatic heterocycles. The number of aryl methyl sites for hydroxylation is 2. The number of ether oxygens (including phenoxy) is 3. The highest BCUT2D eigenvalue weighted by molar-refractivity contribution is 5.93. The summed E-state index contributed by atoms with van der Waals surface area (Å²) in [6.07, 6.45) is 0.